The van der Waals surface area contributed by atoms with Crippen LogP contribution in [0.1, 0.15) is 38.5 Å². The number of para-hydroxylation sites is 1. The summed E-state index contributed by atoms with van der Waals surface area (Å²) in [4.78, 5) is 40.6. The minimum atomic E-state index is -0.163. The number of carbonyl (C=O) groups excluding carboxylic acids is 3. The van der Waals surface area contributed by atoms with Crippen molar-refractivity contribution < 1.29 is 14.4 Å². The number of hydrazine groups is 1. The molecule has 3 amide bonds. The number of piperazine rings is 1. The highest BCUT2D eigenvalue weighted by atomic mass is 32.2. The summed E-state index contributed by atoms with van der Waals surface area (Å²) in [6.07, 6.45) is 7.55. The Morgan fingerprint density at radius 3 is 2.07 bits per heavy atom. The normalized spacial score (nSPS) is 38.1. The lowest BCUT2D eigenvalue weighted by atomic mass is 9.49. The first-order valence-corrected chi connectivity index (χ1v) is 12.2. The number of amides is 3. The van der Waals surface area contributed by atoms with Crippen molar-refractivity contribution in [1.82, 2.24) is 10.0 Å². The zero-order chi connectivity index (χ0) is 20.5. The van der Waals surface area contributed by atoms with Gasteiger partial charge in [-0.25, -0.2) is 10.0 Å². The fourth-order valence-electron chi connectivity index (χ4n) is 7.24. The zero-order valence-corrected chi connectivity index (χ0v) is 17.9. The Kier molecular flexibility index (Phi) is 4.21. The van der Waals surface area contributed by atoms with Crippen molar-refractivity contribution in [2.45, 2.75) is 43.9 Å². The van der Waals surface area contributed by atoms with Crippen LogP contribution in [0.15, 0.2) is 30.3 Å². The maximum Gasteiger partial charge on any atom is 0.261 e. The first kappa shape index (κ1) is 18.7. The number of hydrogen-bond acceptors (Lipinski definition) is 4. The van der Waals surface area contributed by atoms with E-state index in [9.17, 15) is 14.4 Å². The smallest absolute Gasteiger partial charge is 0.261 e. The van der Waals surface area contributed by atoms with Crippen molar-refractivity contribution in [2.75, 3.05) is 23.7 Å². The van der Waals surface area contributed by atoms with E-state index in [1.807, 2.05) is 30.3 Å². The van der Waals surface area contributed by atoms with Crippen LogP contribution in [-0.4, -0.2) is 52.0 Å². The Hall–Kier alpha value is -2.02. The van der Waals surface area contributed by atoms with Gasteiger partial charge in [-0.1, -0.05) is 18.2 Å². The summed E-state index contributed by atoms with van der Waals surface area (Å²) in [7, 11) is 0. The number of carbonyl (C=O) groups is 3. The number of thioether (sulfide) groups is 1. The Labute approximate surface area is 180 Å². The van der Waals surface area contributed by atoms with Gasteiger partial charge in [-0.15, -0.1) is 11.8 Å². The summed E-state index contributed by atoms with van der Waals surface area (Å²) >= 11 is 1.70. The fourth-order valence-corrected chi connectivity index (χ4v) is 8.69. The lowest BCUT2D eigenvalue weighted by molar-refractivity contribution is -0.176. The summed E-state index contributed by atoms with van der Waals surface area (Å²) < 4.78 is 0. The molecule has 2 heterocycles. The van der Waals surface area contributed by atoms with Gasteiger partial charge in [0.2, 0.25) is 5.91 Å². The van der Waals surface area contributed by atoms with Crippen LogP contribution in [0.3, 0.4) is 0 Å². The Morgan fingerprint density at radius 2 is 1.43 bits per heavy atom. The van der Waals surface area contributed by atoms with Gasteiger partial charge in [0.1, 0.15) is 18.5 Å². The second-order valence-electron chi connectivity index (χ2n) is 9.95. The van der Waals surface area contributed by atoms with Crippen molar-refractivity contribution in [2.24, 2.45) is 23.2 Å². The summed E-state index contributed by atoms with van der Waals surface area (Å²) in [5, 5.41) is 3.19. The molecule has 1 atom stereocenters. The summed E-state index contributed by atoms with van der Waals surface area (Å²) in [5.74, 6) is 2.44. The number of rotatable bonds is 3. The third-order valence-electron chi connectivity index (χ3n) is 7.95. The van der Waals surface area contributed by atoms with Crippen molar-refractivity contribution in [3.8, 4) is 0 Å². The molecule has 6 fully saturated rings. The van der Waals surface area contributed by atoms with E-state index >= 15 is 0 Å². The van der Waals surface area contributed by atoms with Crippen molar-refractivity contribution in [3.05, 3.63) is 30.3 Å². The molecular weight excluding hydrogens is 398 g/mol. The highest BCUT2D eigenvalue weighted by Crippen LogP contribution is 2.64. The molecule has 4 saturated carbocycles. The maximum atomic E-state index is 13.2. The fraction of sp³-hybridized carbons (Fsp3) is 0.609. The molecule has 0 N–H and O–H groups in total. The van der Waals surface area contributed by atoms with Crippen LogP contribution >= 0.6 is 11.8 Å². The van der Waals surface area contributed by atoms with Gasteiger partial charge in [0, 0.05) is 11.1 Å². The predicted octanol–water partition coefficient (Wildman–Crippen LogP) is 2.89. The minimum Gasteiger partial charge on any atom is -0.301 e. The van der Waals surface area contributed by atoms with Gasteiger partial charge in [0.25, 0.3) is 11.8 Å². The molecular formula is C23H27N3O3S. The average Bonchev–Trinajstić information content (AvgIpc) is 3.11. The minimum absolute atomic E-state index is 0.00146. The van der Waals surface area contributed by atoms with Gasteiger partial charge in [0.05, 0.1) is 5.75 Å². The van der Waals surface area contributed by atoms with Gasteiger partial charge in [-0.2, -0.15) is 0 Å². The number of hydrogen-bond donors (Lipinski definition) is 0. The molecule has 2 aliphatic heterocycles. The molecule has 0 aromatic heterocycles. The molecule has 6 aliphatic rings. The van der Waals surface area contributed by atoms with Crippen LogP contribution in [0, 0.1) is 23.2 Å². The van der Waals surface area contributed by atoms with E-state index in [1.54, 1.807) is 16.8 Å². The van der Waals surface area contributed by atoms with Gasteiger partial charge < -0.3 is 4.90 Å². The van der Waals surface area contributed by atoms with Gasteiger partial charge >= 0.3 is 0 Å². The topological polar surface area (TPSA) is 60.9 Å². The van der Waals surface area contributed by atoms with Gasteiger partial charge in [-0.05, 0) is 68.4 Å². The highest BCUT2D eigenvalue weighted by Gasteiger charge is 2.59. The first-order valence-electron chi connectivity index (χ1n) is 11.1. The summed E-state index contributed by atoms with van der Waals surface area (Å²) in [6, 6.07) is 9.31. The molecule has 1 aromatic carbocycles. The van der Waals surface area contributed by atoms with Crippen LogP contribution < -0.4 is 4.90 Å². The van der Waals surface area contributed by atoms with Crippen molar-refractivity contribution >= 4 is 35.2 Å². The first-order chi connectivity index (χ1) is 14.5. The molecule has 0 unspecified atom stereocenters. The van der Waals surface area contributed by atoms with Crippen LogP contribution in [0.25, 0.3) is 0 Å². The molecule has 7 rings (SSSR count). The molecule has 1 aromatic rings. The van der Waals surface area contributed by atoms with Gasteiger partial charge in [0.15, 0.2) is 0 Å². The van der Waals surface area contributed by atoms with Crippen LogP contribution in [0.5, 0.6) is 0 Å². The van der Waals surface area contributed by atoms with E-state index in [2.05, 4.69) is 0 Å². The van der Waals surface area contributed by atoms with E-state index in [4.69, 9.17) is 0 Å². The van der Waals surface area contributed by atoms with E-state index in [1.165, 1.54) is 48.4 Å². The Balaban J connectivity index is 1.27. The second kappa shape index (κ2) is 6.74. The largest absolute Gasteiger partial charge is 0.301 e. The summed E-state index contributed by atoms with van der Waals surface area (Å²) in [6.45, 7) is -0.0617. The SMILES string of the molecule is O=C1CN(N2C(=O)CS[C@@H]2C23CC4CC(CC(C4)C2)C3)C(=O)CN1c1ccccc1. The number of nitrogens with zero attached hydrogens (tertiary/aromatic N) is 3. The van der Waals surface area contributed by atoms with E-state index in [0.29, 0.717) is 5.75 Å². The molecule has 30 heavy (non-hydrogen) atoms. The molecule has 6 nitrogen and oxygen atoms in total. The van der Waals surface area contributed by atoms with Crippen LogP contribution in [-0.2, 0) is 14.4 Å². The van der Waals surface area contributed by atoms with Crippen molar-refractivity contribution in [1.29, 1.82) is 0 Å². The van der Waals surface area contributed by atoms with Crippen LogP contribution in [0.4, 0.5) is 5.69 Å². The van der Waals surface area contributed by atoms with Crippen molar-refractivity contribution in [3.63, 3.8) is 0 Å². The quantitative estimate of drug-likeness (QED) is 0.747. The monoisotopic (exact) mass is 425 g/mol. The molecule has 0 radical (unpaired) electrons. The lowest BCUT2D eigenvalue weighted by Gasteiger charge is -2.60. The third kappa shape index (κ3) is 2.81. The van der Waals surface area contributed by atoms with E-state index < -0.39 is 0 Å². The Morgan fingerprint density at radius 1 is 0.800 bits per heavy atom. The molecule has 4 aliphatic carbocycles. The molecule has 158 valence electrons. The van der Waals surface area contributed by atoms with Crippen LogP contribution in [0.2, 0.25) is 0 Å². The highest BCUT2D eigenvalue weighted by molar-refractivity contribution is 8.01. The zero-order valence-electron chi connectivity index (χ0n) is 17.0. The number of benzene rings is 1. The average molecular weight is 426 g/mol. The van der Waals surface area contributed by atoms with E-state index in [-0.39, 0.29) is 41.6 Å². The standard InChI is InChI=1S/C23H27N3O3S/c27-19-13-25(20(28)12-24(19)18-4-2-1-3-5-18)26-21(29)14-30-22(26)23-9-15-6-16(10-23)8-17(7-15)11-23/h1-5,15-17,22H,6-14H2/t15?,16?,17?,22-,23?/m1/s1. The summed E-state index contributed by atoms with van der Waals surface area (Å²) in [5.41, 5.74) is 0.848. The predicted molar refractivity (Wildman–Crippen MR) is 114 cm³/mol. The van der Waals surface area contributed by atoms with Gasteiger partial charge in [-0.3, -0.25) is 14.4 Å². The lowest BCUT2D eigenvalue weighted by Crippen LogP contribution is -2.65. The Bertz CT molecular complexity index is 869. The molecule has 4 bridgehead atoms. The third-order valence-corrected chi connectivity index (χ3v) is 9.38. The van der Waals surface area contributed by atoms with E-state index in [0.717, 1.165) is 23.4 Å². The molecule has 0 spiro atoms. The second-order valence-corrected chi connectivity index (χ2v) is 11.0. The maximum absolute atomic E-state index is 13.2. The molecule has 7 heteroatoms. The molecule has 2 saturated heterocycles. The number of anilines is 1.